The molecule has 0 aliphatic carbocycles. The number of amides is 2. The van der Waals surface area contributed by atoms with E-state index in [0.29, 0.717) is 22.0 Å². The van der Waals surface area contributed by atoms with E-state index >= 15 is 0 Å². The smallest absolute Gasteiger partial charge is 0.273 e. The topological polar surface area (TPSA) is 84.2 Å². The first-order valence-corrected chi connectivity index (χ1v) is 8.63. The van der Waals surface area contributed by atoms with Crippen LogP contribution in [0.2, 0.25) is 5.02 Å². The van der Waals surface area contributed by atoms with Crippen LogP contribution in [-0.2, 0) is 11.2 Å². The lowest BCUT2D eigenvalue weighted by molar-refractivity contribution is -0.121. The maximum Gasteiger partial charge on any atom is 0.273 e. The average Bonchev–Trinajstić information content (AvgIpc) is 3.22. The Bertz CT molecular complexity index is 919. The molecule has 0 radical (unpaired) electrons. The third kappa shape index (κ3) is 4.07. The molecular weight excluding hydrogens is 362 g/mol. The highest BCUT2D eigenvalue weighted by Crippen LogP contribution is 2.30. The fourth-order valence-electron chi connectivity index (χ4n) is 2.17. The number of hydrogen-bond donors (Lipinski definition) is 2. The van der Waals surface area contributed by atoms with Crippen LogP contribution in [0.15, 0.2) is 46.4 Å². The number of aryl methyl sites for hydroxylation is 1. The molecule has 0 aliphatic rings. The van der Waals surface area contributed by atoms with E-state index in [4.69, 9.17) is 16.0 Å². The summed E-state index contributed by atoms with van der Waals surface area (Å²) in [6, 6.07) is 8.92. The Hall–Kier alpha value is -2.64. The summed E-state index contributed by atoms with van der Waals surface area (Å²) in [5.74, 6) is -0.323. The number of furan rings is 1. The van der Waals surface area contributed by atoms with Gasteiger partial charge in [0.05, 0.1) is 29.0 Å². The van der Waals surface area contributed by atoms with Gasteiger partial charge >= 0.3 is 0 Å². The second-order valence-corrected chi connectivity index (χ2v) is 6.46. The minimum atomic E-state index is -0.436. The van der Waals surface area contributed by atoms with Crippen molar-refractivity contribution in [2.24, 2.45) is 0 Å². The Morgan fingerprint density at radius 2 is 2.04 bits per heavy atom. The molecule has 2 amide bonds. The lowest BCUT2D eigenvalue weighted by Crippen LogP contribution is -2.42. The van der Waals surface area contributed by atoms with Crippen LogP contribution in [0.4, 0.5) is 0 Å². The molecule has 3 aromatic rings. The lowest BCUT2D eigenvalue weighted by Gasteiger charge is -2.05. The Balaban J connectivity index is 1.58. The summed E-state index contributed by atoms with van der Waals surface area (Å²) in [5.41, 5.74) is 6.51. The van der Waals surface area contributed by atoms with Crippen LogP contribution in [0, 0.1) is 6.92 Å². The molecule has 0 unspecified atom stereocenters. The molecule has 0 spiro atoms. The predicted octanol–water partition coefficient (Wildman–Crippen LogP) is 3.37. The molecule has 8 heteroatoms. The second kappa shape index (κ2) is 7.50. The van der Waals surface area contributed by atoms with Gasteiger partial charge in [-0.1, -0.05) is 29.8 Å². The summed E-state index contributed by atoms with van der Waals surface area (Å²) in [4.78, 5) is 28.3. The van der Waals surface area contributed by atoms with Crippen LogP contribution in [0.5, 0.6) is 0 Å². The standard InChI is InChI=1S/C17H14ClN3O3S/c1-10-12(6-7-24-10)16(23)21-20-15(22)8-11-9-25-17(19-11)13-4-2-3-5-14(13)18/h2-7,9H,8H2,1H3,(H,20,22)(H,21,23). The van der Waals surface area contributed by atoms with Crippen molar-refractivity contribution in [3.63, 3.8) is 0 Å². The number of rotatable bonds is 4. The fourth-order valence-corrected chi connectivity index (χ4v) is 3.31. The number of thiazole rings is 1. The highest BCUT2D eigenvalue weighted by Gasteiger charge is 2.14. The zero-order valence-corrected chi connectivity index (χ0v) is 14.8. The summed E-state index contributed by atoms with van der Waals surface area (Å²) in [6.45, 7) is 1.67. The van der Waals surface area contributed by atoms with Crippen molar-refractivity contribution in [3.8, 4) is 10.6 Å². The average molecular weight is 376 g/mol. The van der Waals surface area contributed by atoms with E-state index < -0.39 is 5.91 Å². The molecule has 3 rings (SSSR count). The summed E-state index contributed by atoms with van der Waals surface area (Å²) in [5, 5.41) is 3.14. The molecule has 0 saturated carbocycles. The van der Waals surface area contributed by atoms with E-state index in [0.717, 1.165) is 10.6 Å². The van der Waals surface area contributed by atoms with Gasteiger partial charge in [0.15, 0.2) is 0 Å². The van der Waals surface area contributed by atoms with Crippen LogP contribution in [-0.4, -0.2) is 16.8 Å². The van der Waals surface area contributed by atoms with E-state index in [1.54, 1.807) is 18.4 Å². The monoisotopic (exact) mass is 375 g/mol. The van der Waals surface area contributed by atoms with Gasteiger partial charge in [-0.05, 0) is 19.1 Å². The number of aromatic nitrogens is 1. The normalized spacial score (nSPS) is 10.5. The third-order valence-electron chi connectivity index (χ3n) is 3.42. The molecule has 25 heavy (non-hydrogen) atoms. The molecule has 1 aromatic carbocycles. The number of nitrogens with one attached hydrogen (secondary N) is 2. The van der Waals surface area contributed by atoms with Crippen molar-refractivity contribution in [2.75, 3.05) is 0 Å². The van der Waals surface area contributed by atoms with E-state index in [9.17, 15) is 9.59 Å². The molecule has 0 saturated heterocycles. The summed E-state index contributed by atoms with van der Waals surface area (Å²) in [7, 11) is 0. The van der Waals surface area contributed by atoms with Crippen molar-refractivity contribution in [2.45, 2.75) is 13.3 Å². The maximum atomic E-state index is 12.0. The van der Waals surface area contributed by atoms with Crippen LogP contribution in [0.25, 0.3) is 10.6 Å². The van der Waals surface area contributed by atoms with Crippen molar-refractivity contribution in [1.29, 1.82) is 0 Å². The molecule has 2 N–H and O–H groups in total. The Morgan fingerprint density at radius 1 is 1.24 bits per heavy atom. The summed E-state index contributed by atoms with van der Waals surface area (Å²) in [6.07, 6.45) is 1.46. The molecular formula is C17H14ClN3O3S. The zero-order valence-electron chi connectivity index (χ0n) is 13.2. The van der Waals surface area contributed by atoms with Gasteiger partial charge in [0.2, 0.25) is 5.91 Å². The summed E-state index contributed by atoms with van der Waals surface area (Å²) < 4.78 is 5.05. The van der Waals surface area contributed by atoms with E-state index in [1.165, 1.54) is 23.7 Å². The minimum absolute atomic E-state index is 0.0472. The van der Waals surface area contributed by atoms with Gasteiger partial charge in [0.25, 0.3) is 5.91 Å². The largest absolute Gasteiger partial charge is 0.469 e. The molecule has 0 fully saturated rings. The molecule has 128 valence electrons. The van der Waals surface area contributed by atoms with Crippen LogP contribution >= 0.6 is 22.9 Å². The summed E-state index contributed by atoms with van der Waals surface area (Å²) >= 11 is 7.56. The van der Waals surface area contributed by atoms with Crippen LogP contribution in [0.3, 0.4) is 0 Å². The number of carbonyl (C=O) groups is 2. The quantitative estimate of drug-likeness (QED) is 0.685. The number of carbonyl (C=O) groups excluding carboxylic acids is 2. The van der Waals surface area contributed by atoms with Crippen molar-refractivity contribution in [3.05, 3.63) is 64.0 Å². The molecule has 6 nitrogen and oxygen atoms in total. The molecule has 0 aliphatic heterocycles. The second-order valence-electron chi connectivity index (χ2n) is 5.19. The molecule has 0 atom stereocenters. The van der Waals surface area contributed by atoms with Crippen molar-refractivity contribution in [1.82, 2.24) is 15.8 Å². The first-order chi connectivity index (χ1) is 12.0. The van der Waals surface area contributed by atoms with Gasteiger partial charge in [0.1, 0.15) is 10.8 Å². The molecule has 2 aromatic heterocycles. The Morgan fingerprint density at radius 3 is 2.76 bits per heavy atom. The van der Waals surface area contributed by atoms with E-state index in [2.05, 4.69) is 15.8 Å². The van der Waals surface area contributed by atoms with Gasteiger partial charge in [-0.3, -0.25) is 20.4 Å². The Labute approximate surface area is 152 Å². The van der Waals surface area contributed by atoms with Gasteiger partial charge < -0.3 is 4.42 Å². The zero-order chi connectivity index (χ0) is 17.8. The number of hydrogen-bond acceptors (Lipinski definition) is 5. The van der Waals surface area contributed by atoms with Crippen molar-refractivity contribution >= 4 is 34.8 Å². The maximum absolute atomic E-state index is 12.0. The number of benzene rings is 1. The predicted molar refractivity (Wildman–Crippen MR) is 95.3 cm³/mol. The van der Waals surface area contributed by atoms with E-state index in [1.807, 2.05) is 18.2 Å². The third-order valence-corrected chi connectivity index (χ3v) is 4.67. The number of halogens is 1. The number of nitrogens with zero attached hydrogens (tertiary/aromatic N) is 1. The number of hydrazine groups is 1. The fraction of sp³-hybridized carbons (Fsp3) is 0.118. The lowest BCUT2D eigenvalue weighted by atomic mass is 10.2. The van der Waals surface area contributed by atoms with Gasteiger partial charge in [0, 0.05) is 10.9 Å². The van der Waals surface area contributed by atoms with Gasteiger partial charge in [-0.2, -0.15) is 0 Å². The van der Waals surface area contributed by atoms with Gasteiger partial charge in [-0.15, -0.1) is 11.3 Å². The minimum Gasteiger partial charge on any atom is -0.469 e. The highest BCUT2D eigenvalue weighted by atomic mass is 35.5. The molecule has 0 bridgehead atoms. The first-order valence-electron chi connectivity index (χ1n) is 7.37. The van der Waals surface area contributed by atoms with Gasteiger partial charge in [-0.25, -0.2) is 4.98 Å². The molecule has 2 heterocycles. The Kier molecular flexibility index (Phi) is 5.16. The van der Waals surface area contributed by atoms with Crippen LogP contribution < -0.4 is 10.9 Å². The first kappa shape index (κ1) is 17.2. The SMILES string of the molecule is Cc1occc1C(=O)NNC(=O)Cc1csc(-c2ccccc2Cl)n1. The van der Waals surface area contributed by atoms with Crippen LogP contribution in [0.1, 0.15) is 21.8 Å². The van der Waals surface area contributed by atoms with Crippen molar-refractivity contribution < 1.29 is 14.0 Å². The van der Waals surface area contributed by atoms with E-state index in [-0.39, 0.29) is 12.3 Å². The highest BCUT2D eigenvalue weighted by molar-refractivity contribution is 7.13.